The maximum Gasteiger partial charge on any atom is 0.416 e. The predicted molar refractivity (Wildman–Crippen MR) is 125 cm³/mol. The molecule has 0 radical (unpaired) electrons. The van der Waals surface area contributed by atoms with Crippen LogP contribution in [0.4, 0.5) is 19.0 Å². The lowest BCUT2D eigenvalue weighted by Crippen LogP contribution is -2.47. The fourth-order valence-corrected chi connectivity index (χ4v) is 3.43. The highest BCUT2D eigenvalue weighted by atomic mass is 19.4. The summed E-state index contributed by atoms with van der Waals surface area (Å²) in [5.41, 5.74) is 0.162. The number of anilines is 1. The second-order valence-corrected chi connectivity index (χ2v) is 8.18. The lowest BCUT2D eigenvalue weighted by Gasteiger charge is -2.22. The van der Waals surface area contributed by atoms with Crippen molar-refractivity contribution in [3.05, 3.63) is 77.5 Å². The molecule has 7 nitrogen and oxygen atoms in total. The number of amides is 2. The van der Waals surface area contributed by atoms with Crippen LogP contribution in [-0.2, 0) is 17.5 Å². The van der Waals surface area contributed by atoms with E-state index in [0.717, 1.165) is 12.1 Å². The Hall–Kier alpha value is -3.82. The monoisotopic (exact) mass is 488 g/mol. The van der Waals surface area contributed by atoms with E-state index in [4.69, 9.17) is 4.74 Å². The van der Waals surface area contributed by atoms with Crippen LogP contribution in [0, 0.1) is 5.92 Å². The van der Waals surface area contributed by atoms with Crippen molar-refractivity contribution in [3.63, 3.8) is 0 Å². The first kappa shape index (κ1) is 25.8. The summed E-state index contributed by atoms with van der Waals surface area (Å²) >= 11 is 0. The number of ether oxygens (including phenoxy) is 1. The zero-order valence-electron chi connectivity index (χ0n) is 19.6. The average molecular weight is 489 g/mol. The summed E-state index contributed by atoms with van der Waals surface area (Å²) in [6.45, 7) is 5.96. The molecule has 2 aromatic carbocycles. The van der Waals surface area contributed by atoms with Crippen LogP contribution in [0.15, 0.2) is 60.8 Å². The van der Waals surface area contributed by atoms with Crippen molar-refractivity contribution in [2.45, 2.75) is 39.5 Å². The minimum Gasteiger partial charge on any atom is -0.493 e. The summed E-state index contributed by atoms with van der Waals surface area (Å²) in [6, 6.07) is 12.2. The highest BCUT2D eigenvalue weighted by Crippen LogP contribution is 2.29. The van der Waals surface area contributed by atoms with E-state index in [-0.39, 0.29) is 12.5 Å². The first-order chi connectivity index (χ1) is 16.6. The average Bonchev–Trinajstić information content (AvgIpc) is 3.23. The standard InChI is InChI=1S/C25H27F3N4O3/c1-4-35-20-8-6-5-7-19(20)23(33)31-22(16(2)3)24(34)30-21-13-14-29-32(21)15-17-9-11-18(12-10-17)25(26,27)28/h5-14,16,22H,4,15H2,1-3H3,(H,30,34)(H,31,33)/t22-/m0/s1. The third-order valence-corrected chi connectivity index (χ3v) is 5.25. The quantitative estimate of drug-likeness (QED) is 0.456. The SMILES string of the molecule is CCOc1ccccc1C(=O)N[C@H](C(=O)Nc1ccnn1Cc1ccc(C(F)(F)F)cc1)C(C)C. The fraction of sp³-hybridized carbons (Fsp3) is 0.320. The molecular formula is C25H27F3N4O3. The van der Waals surface area contributed by atoms with Gasteiger partial charge in [-0.2, -0.15) is 18.3 Å². The molecule has 0 bridgehead atoms. The van der Waals surface area contributed by atoms with Gasteiger partial charge in [-0.05, 0) is 42.7 Å². The highest BCUT2D eigenvalue weighted by Gasteiger charge is 2.30. The number of halogens is 3. The van der Waals surface area contributed by atoms with Crippen molar-refractivity contribution in [1.29, 1.82) is 0 Å². The second-order valence-electron chi connectivity index (χ2n) is 8.18. The summed E-state index contributed by atoms with van der Waals surface area (Å²) in [5.74, 6) is -0.350. The number of rotatable bonds is 9. The zero-order valence-corrected chi connectivity index (χ0v) is 19.6. The van der Waals surface area contributed by atoms with E-state index in [0.29, 0.717) is 29.3 Å². The largest absolute Gasteiger partial charge is 0.493 e. The Bertz CT molecular complexity index is 1160. The molecule has 35 heavy (non-hydrogen) atoms. The molecule has 3 rings (SSSR count). The lowest BCUT2D eigenvalue weighted by atomic mass is 10.0. The molecular weight excluding hydrogens is 461 g/mol. The van der Waals surface area contributed by atoms with Gasteiger partial charge < -0.3 is 15.4 Å². The number of nitrogens with zero attached hydrogens (tertiary/aromatic N) is 2. The Balaban J connectivity index is 1.71. The summed E-state index contributed by atoms with van der Waals surface area (Å²) < 4.78 is 45.4. The third kappa shape index (κ3) is 6.62. The van der Waals surface area contributed by atoms with Crippen molar-refractivity contribution >= 4 is 17.6 Å². The maximum absolute atomic E-state index is 13.1. The van der Waals surface area contributed by atoms with Gasteiger partial charge in [-0.15, -0.1) is 0 Å². The number of benzene rings is 2. The fourth-order valence-electron chi connectivity index (χ4n) is 3.43. The van der Waals surface area contributed by atoms with Crippen LogP contribution in [0.1, 0.15) is 42.3 Å². The molecule has 2 amide bonds. The molecule has 0 spiro atoms. The Morgan fingerprint density at radius 2 is 1.74 bits per heavy atom. The predicted octanol–water partition coefficient (Wildman–Crippen LogP) is 4.74. The van der Waals surface area contributed by atoms with E-state index in [1.54, 1.807) is 44.2 Å². The summed E-state index contributed by atoms with van der Waals surface area (Å²) in [5, 5.41) is 9.68. The van der Waals surface area contributed by atoms with E-state index in [1.165, 1.54) is 23.0 Å². The van der Waals surface area contributed by atoms with Gasteiger partial charge in [0.15, 0.2) is 0 Å². The number of hydrogen-bond acceptors (Lipinski definition) is 4. The van der Waals surface area contributed by atoms with E-state index < -0.39 is 29.6 Å². The van der Waals surface area contributed by atoms with E-state index in [9.17, 15) is 22.8 Å². The van der Waals surface area contributed by atoms with Gasteiger partial charge >= 0.3 is 6.18 Å². The minimum absolute atomic E-state index is 0.154. The zero-order chi connectivity index (χ0) is 25.6. The van der Waals surface area contributed by atoms with E-state index in [2.05, 4.69) is 15.7 Å². The van der Waals surface area contributed by atoms with Crippen LogP contribution in [0.2, 0.25) is 0 Å². The van der Waals surface area contributed by atoms with Gasteiger partial charge in [-0.3, -0.25) is 9.59 Å². The lowest BCUT2D eigenvalue weighted by molar-refractivity contribution is -0.137. The van der Waals surface area contributed by atoms with Gasteiger partial charge in [0.1, 0.15) is 17.6 Å². The van der Waals surface area contributed by atoms with Crippen LogP contribution >= 0.6 is 0 Å². The molecule has 0 fully saturated rings. The molecule has 10 heteroatoms. The van der Waals surface area contributed by atoms with Crippen molar-refractivity contribution in [2.75, 3.05) is 11.9 Å². The third-order valence-electron chi connectivity index (χ3n) is 5.25. The molecule has 1 heterocycles. The van der Waals surface area contributed by atoms with Gasteiger partial charge in [-0.25, -0.2) is 4.68 Å². The molecule has 0 aliphatic carbocycles. The summed E-state index contributed by atoms with van der Waals surface area (Å²) in [7, 11) is 0. The highest BCUT2D eigenvalue weighted by molar-refractivity contribution is 6.02. The van der Waals surface area contributed by atoms with Gasteiger partial charge in [-0.1, -0.05) is 38.1 Å². The van der Waals surface area contributed by atoms with Crippen LogP contribution in [0.5, 0.6) is 5.75 Å². The normalized spacial score (nSPS) is 12.3. The number of alkyl halides is 3. The molecule has 186 valence electrons. The van der Waals surface area contributed by atoms with Crippen molar-refractivity contribution in [3.8, 4) is 5.75 Å². The molecule has 0 aliphatic heterocycles. The Labute approximate surface area is 201 Å². The molecule has 3 aromatic rings. The number of carbonyl (C=O) groups excluding carboxylic acids is 2. The topological polar surface area (TPSA) is 85.2 Å². The van der Waals surface area contributed by atoms with Gasteiger partial charge in [0.2, 0.25) is 5.91 Å². The van der Waals surface area contributed by atoms with E-state index >= 15 is 0 Å². The molecule has 0 saturated heterocycles. The van der Waals surface area contributed by atoms with Gasteiger partial charge in [0, 0.05) is 6.07 Å². The van der Waals surface area contributed by atoms with Crippen molar-refractivity contribution in [1.82, 2.24) is 15.1 Å². The number of para-hydroxylation sites is 1. The van der Waals surface area contributed by atoms with Gasteiger partial charge in [0.25, 0.3) is 5.91 Å². The number of carbonyl (C=O) groups is 2. The van der Waals surface area contributed by atoms with Gasteiger partial charge in [0.05, 0.1) is 30.5 Å². The molecule has 2 N–H and O–H groups in total. The summed E-state index contributed by atoms with van der Waals surface area (Å²) in [6.07, 6.45) is -2.94. The molecule has 1 atom stereocenters. The number of aromatic nitrogens is 2. The van der Waals surface area contributed by atoms with E-state index in [1.807, 2.05) is 6.92 Å². The molecule has 1 aromatic heterocycles. The number of nitrogens with one attached hydrogen (secondary N) is 2. The van der Waals surface area contributed by atoms with Crippen LogP contribution in [0.3, 0.4) is 0 Å². The van der Waals surface area contributed by atoms with Crippen LogP contribution < -0.4 is 15.4 Å². The van der Waals surface area contributed by atoms with Crippen molar-refractivity contribution in [2.24, 2.45) is 5.92 Å². The molecule has 0 saturated carbocycles. The smallest absolute Gasteiger partial charge is 0.416 e. The maximum atomic E-state index is 13.1. The Morgan fingerprint density at radius 1 is 1.06 bits per heavy atom. The molecule has 0 aliphatic rings. The summed E-state index contributed by atoms with van der Waals surface area (Å²) in [4.78, 5) is 26.0. The Kier molecular flexibility index (Phi) is 8.16. The first-order valence-electron chi connectivity index (χ1n) is 11.1. The second kappa shape index (κ2) is 11.1. The minimum atomic E-state index is -4.41. The van der Waals surface area contributed by atoms with Crippen molar-refractivity contribution < 1.29 is 27.5 Å². The number of hydrogen-bond donors (Lipinski definition) is 2. The first-order valence-corrected chi connectivity index (χ1v) is 11.1. The van der Waals surface area contributed by atoms with Crippen LogP contribution in [0.25, 0.3) is 0 Å². The molecule has 0 unspecified atom stereocenters. The van der Waals surface area contributed by atoms with Crippen LogP contribution in [-0.4, -0.2) is 34.2 Å². The Morgan fingerprint density at radius 3 is 2.37 bits per heavy atom.